The highest BCUT2D eigenvalue weighted by molar-refractivity contribution is 5.77. The normalized spacial score (nSPS) is 20.0. The van der Waals surface area contributed by atoms with Crippen LogP contribution in [0.25, 0.3) is 0 Å². The molecule has 1 atom stereocenters. The van der Waals surface area contributed by atoms with Gasteiger partial charge in [0.05, 0.1) is 0 Å². The van der Waals surface area contributed by atoms with Gasteiger partial charge in [0.25, 0.3) is 0 Å². The van der Waals surface area contributed by atoms with Gasteiger partial charge in [-0.05, 0) is 48.6 Å². The maximum Gasteiger partial charge on any atom is 0.0496 e. The Bertz CT molecular complexity index is 726. The van der Waals surface area contributed by atoms with Crippen molar-refractivity contribution in [2.24, 2.45) is 10.9 Å². The van der Waals surface area contributed by atoms with Gasteiger partial charge in [-0.3, -0.25) is 4.99 Å². The van der Waals surface area contributed by atoms with Crippen LogP contribution in [0.5, 0.6) is 0 Å². The summed E-state index contributed by atoms with van der Waals surface area (Å²) < 4.78 is 0. The third kappa shape index (κ3) is 5.49. The highest BCUT2D eigenvalue weighted by Gasteiger charge is 2.20. The van der Waals surface area contributed by atoms with E-state index in [0.717, 1.165) is 30.9 Å². The predicted molar refractivity (Wildman–Crippen MR) is 109 cm³/mol. The molecule has 0 heterocycles. The summed E-state index contributed by atoms with van der Waals surface area (Å²) in [6.45, 7) is 19.5. The molecule has 0 fully saturated rings. The Morgan fingerprint density at radius 1 is 1.32 bits per heavy atom. The second kappa shape index (κ2) is 8.52. The van der Waals surface area contributed by atoms with Gasteiger partial charge in [0.1, 0.15) is 0 Å². The van der Waals surface area contributed by atoms with E-state index in [1.54, 1.807) is 6.21 Å². The van der Waals surface area contributed by atoms with Crippen LogP contribution in [0.1, 0.15) is 27.2 Å². The molecule has 0 aliphatic heterocycles. The quantitative estimate of drug-likeness (QED) is 0.637. The Balaban J connectivity index is 1.96. The third-order valence-corrected chi connectivity index (χ3v) is 4.46. The van der Waals surface area contributed by atoms with Crippen molar-refractivity contribution in [3.63, 3.8) is 0 Å². The Kier molecular flexibility index (Phi) is 6.40. The van der Waals surface area contributed by atoms with Crippen LogP contribution in [0.4, 0.5) is 0 Å². The molecule has 3 nitrogen and oxygen atoms in total. The number of rotatable bonds is 8. The van der Waals surface area contributed by atoms with Crippen LogP contribution >= 0.6 is 0 Å². The molecule has 2 aliphatic rings. The maximum atomic E-state index is 4.16. The van der Waals surface area contributed by atoms with E-state index in [-0.39, 0.29) is 0 Å². The van der Waals surface area contributed by atoms with Gasteiger partial charge in [-0.2, -0.15) is 0 Å². The smallest absolute Gasteiger partial charge is 0.0496 e. The first-order chi connectivity index (χ1) is 11.9. The largest absolute Gasteiger partial charge is 0.384 e. The zero-order valence-corrected chi connectivity index (χ0v) is 15.7. The highest BCUT2D eigenvalue weighted by atomic mass is 14.9. The van der Waals surface area contributed by atoms with Crippen molar-refractivity contribution >= 4 is 6.21 Å². The highest BCUT2D eigenvalue weighted by Crippen LogP contribution is 2.29. The zero-order valence-electron chi connectivity index (χ0n) is 15.7. The minimum Gasteiger partial charge on any atom is -0.384 e. The van der Waals surface area contributed by atoms with Gasteiger partial charge in [0.15, 0.2) is 0 Å². The lowest BCUT2D eigenvalue weighted by molar-refractivity contribution is 0.664. The molecule has 0 bridgehead atoms. The first-order valence-corrected chi connectivity index (χ1v) is 8.69. The molecule has 1 unspecified atom stereocenters. The number of nitrogens with one attached hydrogen (secondary N) is 2. The van der Waals surface area contributed by atoms with Crippen LogP contribution in [0, 0.1) is 5.92 Å². The van der Waals surface area contributed by atoms with E-state index in [4.69, 9.17) is 0 Å². The zero-order chi connectivity index (χ0) is 18.4. The lowest BCUT2D eigenvalue weighted by Gasteiger charge is -2.27. The molecule has 0 aromatic carbocycles. The standard InChI is InChI=1S/C22H29N3/c1-15(2)23-12-18(5)24-13-20-9-7-8-16(3)21(11-20)14-25-22-10-17(4)19(22)6/h7-8,10-12,19,24-25H,1,4-5,9,13-14H2,2-3,6H3. The number of nitrogens with zero attached hydrogens (tertiary/aromatic N) is 1. The Morgan fingerprint density at radius 3 is 2.72 bits per heavy atom. The van der Waals surface area contributed by atoms with E-state index in [1.165, 1.54) is 28.0 Å². The van der Waals surface area contributed by atoms with Gasteiger partial charge in [0.2, 0.25) is 0 Å². The van der Waals surface area contributed by atoms with Crippen molar-refractivity contribution in [3.8, 4) is 0 Å². The van der Waals surface area contributed by atoms with Gasteiger partial charge in [-0.1, -0.05) is 44.9 Å². The van der Waals surface area contributed by atoms with E-state index in [2.05, 4.69) is 73.5 Å². The van der Waals surface area contributed by atoms with E-state index in [9.17, 15) is 0 Å². The van der Waals surface area contributed by atoms with Crippen LogP contribution < -0.4 is 10.6 Å². The molecule has 132 valence electrons. The van der Waals surface area contributed by atoms with Crippen molar-refractivity contribution in [3.05, 3.63) is 83.4 Å². The van der Waals surface area contributed by atoms with Crippen LogP contribution in [0.2, 0.25) is 0 Å². The first kappa shape index (κ1) is 18.8. The minimum atomic E-state index is 0.447. The lowest BCUT2D eigenvalue weighted by Crippen LogP contribution is -2.27. The topological polar surface area (TPSA) is 36.4 Å². The summed E-state index contributed by atoms with van der Waals surface area (Å²) in [5.41, 5.74) is 7.99. The molecule has 2 aliphatic carbocycles. The summed E-state index contributed by atoms with van der Waals surface area (Å²) in [7, 11) is 0. The van der Waals surface area contributed by atoms with Gasteiger partial charge in [0, 0.05) is 42.3 Å². The fourth-order valence-electron chi connectivity index (χ4n) is 2.64. The molecule has 0 amide bonds. The number of hydrogen-bond donors (Lipinski definition) is 2. The SMILES string of the molecule is C=C(C)N=CC(=C)NCC1=CC(CNC2=CC(=C)C2C)=C(C)C=CC1. The molecule has 0 aromatic heterocycles. The summed E-state index contributed by atoms with van der Waals surface area (Å²) in [6, 6.07) is 0. The van der Waals surface area contributed by atoms with Crippen LogP contribution in [-0.4, -0.2) is 19.3 Å². The number of allylic oxidation sites excluding steroid dienone is 7. The second-order valence-electron chi connectivity index (χ2n) is 6.74. The summed E-state index contributed by atoms with van der Waals surface area (Å²) in [4.78, 5) is 4.16. The molecule has 0 aromatic rings. The Labute approximate surface area is 152 Å². The molecular weight excluding hydrogens is 306 g/mol. The Morgan fingerprint density at radius 2 is 2.08 bits per heavy atom. The van der Waals surface area contributed by atoms with E-state index >= 15 is 0 Å². The molecule has 0 radical (unpaired) electrons. The molecule has 2 N–H and O–H groups in total. The van der Waals surface area contributed by atoms with Gasteiger partial charge >= 0.3 is 0 Å². The molecule has 3 heteroatoms. The van der Waals surface area contributed by atoms with E-state index < -0.39 is 0 Å². The fraction of sp³-hybridized carbons (Fsp3) is 0.318. The molecule has 0 spiro atoms. The summed E-state index contributed by atoms with van der Waals surface area (Å²) >= 11 is 0. The van der Waals surface area contributed by atoms with Crippen LogP contribution in [-0.2, 0) is 0 Å². The van der Waals surface area contributed by atoms with Gasteiger partial charge in [-0.15, -0.1) is 0 Å². The minimum absolute atomic E-state index is 0.447. The fourth-order valence-corrected chi connectivity index (χ4v) is 2.64. The monoisotopic (exact) mass is 335 g/mol. The number of hydrogen-bond acceptors (Lipinski definition) is 3. The average molecular weight is 335 g/mol. The molecule has 25 heavy (non-hydrogen) atoms. The van der Waals surface area contributed by atoms with Crippen LogP contribution in [0.3, 0.4) is 0 Å². The van der Waals surface area contributed by atoms with Gasteiger partial charge < -0.3 is 10.6 Å². The van der Waals surface area contributed by atoms with Crippen molar-refractivity contribution in [2.45, 2.75) is 27.2 Å². The average Bonchev–Trinajstić information content (AvgIpc) is 2.75. The van der Waals surface area contributed by atoms with Crippen molar-refractivity contribution < 1.29 is 0 Å². The van der Waals surface area contributed by atoms with Gasteiger partial charge in [-0.25, -0.2) is 0 Å². The lowest BCUT2D eigenvalue weighted by atomic mass is 9.87. The van der Waals surface area contributed by atoms with E-state index in [1.807, 2.05) is 6.92 Å². The van der Waals surface area contributed by atoms with Crippen molar-refractivity contribution in [1.82, 2.24) is 10.6 Å². The molecule has 0 saturated heterocycles. The van der Waals surface area contributed by atoms with E-state index in [0.29, 0.717) is 5.92 Å². The third-order valence-electron chi connectivity index (χ3n) is 4.46. The number of aliphatic imine (C=N–C) groups is 1. The Hall–Kier alpha value is -2.55. The summed E-state index contributed by atoms with van der Waals surface area (Å²) in [5, 5.41) is 6.86. The first-order valence-electron chi connectivity index (χ1n) is 8.69. The molecule has 0 saturated carbocycles. The maximum absolute atomic E-state index is 4.16. The molecule has 2 rings (SSSR count). The second-order valence-corrected chi connectivity index (χ2v) is 6.74. The predicted octanol–water partition coefficient (Wildman–Crippen LogP) is 4.58. The molecular formula is C22H29N3. The summed E-state index contributed by atoms with van der Waals surface area (Å²) in [6.07, 6.45) is 11.5. The summed E-state index contributed by atoms with van der Waals surface area (Å²) in [5.74, 6) is 0.447. The van der Waals surface area contributed by atoms with Crippen molar-refractivity contribution in [1.29, 1.82) is 0 Å². The van der Waals surface area contributed by atoms with Crippen molar-refractivity contribution in [2.75, 3.05) is 13.1 Å². The van der Waals surface area contributed by atoms with Crippen LogP contribution in [0.15, 0.2) is 88.4 Å².